The molecule has 4 unspecified atom stereocenters. The lowest BCUT2D eigenvalue weighted by molar-refractivity contribution is -0.147. The summed E-state index contributed by atoms with van der Waals surface area (Å²) >= 11 is 0. The average molecular weight is 805 g/mol. The summed E-state index contributed by atoms with van der Waals surface area (Å²) in [4.78, 5) is 93.2. The summed E-state index contributed by atoms with van der Waals surface area (Å²) < 4.78 is 10.2. The van der Waals surface area contributed by atoms with E-state index in [9.17, 15) is 43.8 Å². The minimum absolute atomic E-state index is 0.163. The third-order valence-corrected chi connectivity index (χ3v) is 9.91. The zero-order valence-electron chi connectivity index (χ0n) is 34.9. The highest BCUT2D eigenvalue weighted by atomic mass is 16.6. The summed E-state index contributed by atoms with van der Waals surface area (Å²) in [6.45, 7) is 13.6. The molecule has 1 aromatic carbocycles. The number of imide groups is 1. The molecule has 0 saturated heterocycles. The van der Waals surface area contributed by atoms with Gasteiger partial charge in [-0.2, -0.15) is 0 Å². The van der Waals surface area contributed by atoms with Gasteiger partial charge in [-0.1, -0.05) is 64.4 Å². The highest BCUT2D eigenvalue weighted by Gasteiger charge is 2.43. The lowest BCUT2D eigenvalue weighted by atomic mass is 9.84. The Morgan fingerprint density at radius 2 is 1.44 bits per heavy atom. The Hall–Kier alpha value is -4.61. The molecule has 17 heteroatoms. The first-order chi connectivity index (χ1) is 26.5. The Bertz CT molecular complexity index is 1550. The minimum Gasteiger partial charge on any atom is -0.467 e. The van der Waals surface area contributed by atoms with Gasteiger partial charge in [-0.15, -0.1) is 0 Å². The predicted molar refractivity (Wildman–Crippen MR) is 210 cm³/mol. The number of hydrogen-bond acceptors (Lipinski definition) is 12. The number of nitrogens with one attached hydrogen (secondary N) is 4. The van der Waals surface area contributed by atoms with E-state index in [1.54, 1.807) is 60.6 Å². The van der Waals surface area contributed by atoms with Crippen LogP contribution in [0.15, 0.2) is 30.3 Å². The van der Waals surface area contributed by atoms with Crippen LogP contribution < -0.4 is 27.0 Å². The quantitative estimate of drug-likeness (QED) is 0.102. The van der Waals surface area contributed by atoms with Crippen LogP contribution in [-0.4, -0.2) is 118 Å². The zero-order valence-corrected chi connectivity index (χ0v) is 34.9. The highest BCUT2D eigenvalue weighted by Crippen LogP contribution is 2.36. The van der Waals surface area contributed by atoms with Crippen molar-refractivity contribution in [3.05, 3.63) is 35.9 Å². The number of carbonyl (C=O) groups excluding carboxylic acids is 7. The molecule has 57 heavy (non-hydrogen) atoms. The Morgan fingerprint density at radius 1 is 0.842 bits per heavy atom. The molecule has 320 valence electrons. The van der Waals surface area contributed by atoms with Crippen LogP contribution in [0.25, 0.3) is 0 Å². The van der Waals surface area contributed by atoms with Gasteiger partial charge in [-0.25, -0.2) is 14.5 Å². The van der Waals surface area contributed by atoms with Crippen LogP contribution in [0.3, 0.4) is 0 Å². The number of esters is 1. The number of ether oxygens (including phenoxy) is 2. The van der Waals surface area contributed by atoms with Crippen LogP contribution in [0.2, 0.25) is 0 Å². The van der Waals surface area contributed by atoms with Crippen molar-refractivity contribution in [3.63, 3.8) is 0 Å². The smallest absolute Gasteiger partial charge is 0.417 e. The summed E-state index contributed by atoms with van der Waals surface area (Å²) in [7, 11) is 1.23. The number of aliphatic hydroxyl groups excluding tert-OH is 2. The lowest BCUT2D eigenvalue weighted by Crippen LogP contribution is -2.60. The molecule has 0 spiro atoms. The Morgan fingerprint density at radius 3 is 1.96 bits per heavy atom. The molecule has 6 amide bonds. The summed E-state index contributed by atoms with van der Waals surface area (Å²) in [5, 5.41) is 32.3. The van der Waals surface area contributed by atoms with Gasteiger partial charge in [0, 0.05) is 5.92 Å². The second kappa shape index (κ2) is 21.8. The monoisotopic (exact) mass is 804 g/mol. The van der Waals surface area contributed by atoms with Crippen molar-refractivity contribution in [2.75, 3.05) is 13.7 Å². The maximum atomic E-state index is 13.9. The first-order valence-corrected chi connectivity index (χ1v) is 19.5. The highest BCUT2D eigenvalue weighted by molar-refractivity contribution is 6.01. The largest absolute Gasteiger partial charge is 0.467 e. The van der Waals surface area contributed by atoms with E-state index in [0.717, 1.165) is 5.56 Å². The van der Waals surface area contributed by atoms with Crippen LogP contribution in [-0.2, 0) is 44.7 Å². The van der Waals surface area contributed by atoms with E-state index in [0.29, 0.717) is 24.2 Å². The fourth-order valence-corrected chi connectivity index (χ4v) is 6.64. The number of carbonyl (C=O) groups is 7. The van der Waals surface area contributed by atoms with Crippen molar-refractivity contribution in [1.82, 2.24) is 26.2 Å². The summed E-state index contributed by atoms with van der Waals surface area (Å²) in [6.07, 6.45) is -0.787. The maximum Gasteiger partial charge on any atom is 0.417 e. The van der Waals surface area contributed by atoms with Gasteiger partial charge in [-0.05, 0) is 77.2 Å². The van der Waals surface area contributed by atoms with E-state index in [4.69, 9.17) is 15.2 Å². The van der Waals surface area contributed by atoms with Crippen molar-refractivity contribution >= 4 is 41.6 Å². The number of benzene rings is 1. The normalized spacial score (nSPS) is 19.2. The van der Waals surface area contributed by atoms with Gasteiger partial charge < -0.3 is 46.7 Å². The molecule has 0 radical (unpaired) electrons. The van der Waals surface area contributed by atoms with Gasteiger partial charge in [0.25, 0.3) is 5.91 Å². The van der Waals surface area contributed by atoms with Gasteiger partial charge in [0.05, 0.1) is 25.9 Å². The topological polar surface area (TPSA) is 256 Å². The Kier molecular flexibility index (Phi) is 18.6. The van der Waals surface area contributed by atoms with Gasteiger partial charge in [-0.3, -0.25) is 24.0 Å². The number of methoxy groups -OCH3 is 1. The predicted octanol–water partition coefficient (Wildman–Crippen LogP) is 0.922. The molecule has 2 rings (SSSR count). The molecule has 0 aliphatic heterocycles. The van der Waals surface area contributed by atoms with Crippen LogP contribution in [0, 0.1) is 23.7 Å². The van der Waals surface area contributed by atoms with Crippen molar-refractivity contribution in [2.45, 2.75) is 136 Å². The molecule has 1 aromatic rings. The zero-order chi connectivity index (χ0) is 43.4. The van der Waals surface area contributed by atoms with Gasteiger partial charge in [0.1, 0.15) is 35.8 Å². The Balaban J connectivity index is 2.30. The molecule has 1 aliphatic carbocycles. The molecular weight excluding hydrogens is 740 g/mol. The van der Waals surface area contributed by atoms with Crippen molar-refractivity contribution in [1.29, 1.82) is 0 Å². The first-order valence-electron chi connectivity index (χ1n) is 19.5. The van der Waals surface area contributed by atoms with E-state index in [-0.39, 0.29) is 18.3 Å². The molecular formula is C40H64N6O11. The molecule has 1 saturated carbocycles. The number of hydrogen-bond donors (Lipinski definition) is 7. The fraction of sp³-hybridized carbons (Fsp3) is 0.675. The van der Waals surface area contributed by atoms with Crippen molar-refractivity contribution in [2.24, 2.45) is 29.4 Å². The number of amides is 6. The number of nitrogens with two attached hydrogens (primary N) is 1. The Labute approximate surface area is 335 Å². The second-order valence-electron chi connectivity index (χ2n) is 16.4. The van der Waals surface area contributed by atoms with Crippen LogP contribution in [0.5, 0.6) is 0 Å². The SMILES string of the molecule is COC(=O)C(NC(=O)[C@H](NC(=O)C1CCCC1C(O)[C@H](Cc1ccccc1)NC(=O)[C@H](C)NC(=O)[C@H](C)N(C(=O)OC(C)(C)C)C(=O)[C@@H](N)CO)C(C)C)C(C)C. The van der Waals surface area contributed by atoms with E-state index in [2.05, 4.69) is 21.3 Å². The third-order valence-electron chi connectivity index (χ3n) is 9.91. The fourth-order valence-electron chi connectivity index (χ4n) is 6.64. The number of nitrogens with zero attached hydrogens (tertiary/aromatic N) is 1. The van der Waals surface area contributed by atoms with Crippen LogP contribution in [0.1, 0.15) is 87.1 Å². The summed E-state index contributed by atoms with van der Waals surface area (Å²) in [6, 6.07) is 1.96. The molecule has 1 fully saturated rings. The van der Waals surface area contributed by atoms with E-state index < -0.39 is 108 Å². The molecule has 0 bridgehead atoms. The van der Waals surface area contributed by atoms with Crippen LogP contribution in [0.4, 0.5) is 4.79 Å². The molecule has 1 aliphatic rings. The van der Waals surface area contributed by atoms with Crippen molar-refractivity contribution < 1.29 is 53.2 Å². The van der Waals surface area contributed by atoms with Gasteiger partial charge in [0.15, 0.2) is 0 Å². The van der Waals surface area contributed by atoms with E-state index >= 15 is 0 Å². The van der Waals surface area contributed by atoms with Gasteiger partial charge in [0.2, 0.25) is 23.6 Å². The summed E-state index contributed by atoms with van der Waals surface area (Å²) in [5.74, 6) is -6.23. The second-order valence-corrected chi connectivity index (χ2v) is 16.4. The third kappa shape index (κ3) is 14.1. The molecule has 8 N–H and O–H groups in total. The number of aliphatic hydroxyl groups is 2. The first kappa shape index (κ1) is 48.5. The van der Waals surface area contributed by atoms with E-state index in [1.807, 2.05) is 18.2 Å². The average Bonchev–Trinajstić information content (AvgIpc) is 3.64. The van der Waals surface area contributed by atoms with Crippen LogP contribution >= 0.6 is 0 Å². The number of rotatable bonds is 18. The lowest BCUT2D eigenvalue weighted by Gasteiger charge is -2.34. The standard InChI is InChI=1S/C40H64N6O11/c1-21(2)30(36(52)45-31(22(3)4)38(54)56-10)44-35(51)27-18-14-17-26(27)32(48)29(19-25-15-12-11-13-16-25)43-33(49)23(5)42-34(50)24(6)46(37(53)28(41)20-47)39(55)57-40(7,8)9/h11-13,15-16,21-24,26-32,47-48H,14,17-20,41H2,1-10H3,(H,42,50)(H,43,49)(H,44,51)(H,45,52)/t23-,24-,26?,27?,28-,29-,30+,31?,32?/m0/s1. The summed E-state index contributed by atoms with van der Waals surface area (Å²) in [5.41, 5.74) is 5.44. The molecule has 0 heterocycles. The molecule has 0 aromatic heterocycles. The minimum atomic E-state index is -1.52. The molecule has 9 atom stereocenters. The van der Waals surface area contributed by atoms with Crippen molar-refractivity contribution in [3.8, 4) is 0 Å². The van der Waals surface area contributed by atoms with E-state index in [1.165, 1.54) is 21.0 Å². The molecule has 17 nitrogen and oxygen atoms in total. The maximum absolute atomic E-state index is 13.9. The van der Waals surface area contributed by atoms with Gasteiger partial charge >= 0.3 is 12.1 Å².